The summed E-state index contributed by atoms with van der Waals surface area (Å²) in [7, 11) is 1.54. The molecule has 0 bridgehead atoms. The standard InChI is InChI=1S/C25H27N7O3/c1-35-22-12-20-16(11-19(22)25(34)29-21-13-27-31-10-2-9-26-23(21)31)14-32(30-20)18-7-5-17(6-8-18)28-24(33)15-3-4-15/h2,9-15,17-18H,3-8H2,1H3,(H,28,33)(H,29,34)/t17-,18+. The van der Waals surface area contributed by atoms with Gasteiger partial charge in [-0.05, 0) is 50.7 Å². The van der Waals surface area contributed by atoms with Gasteiger partial charge in [-0.2, -0.15) is 10.2 Å². The molecular formula is C25H27N7O3. The summed E-state index contributed by atoms with van der Waals surface area (Å²) in [5.41, 5.74) is 2.29. The summed E-state index contributed by atoms with van der Waals surface area (Å²) in [6.45, 7) is 0. The Labute approximate surface area is 201 Å². The molecule has 35 heavy (non-hydrogen) atoms. The maximum absolute atomic E-state index is 13.1. The molecule has 0 spiro atoms. The summed E-state index contributed by atoms with van der Waals surface area (Å²) in [4.78, 5) is 29.5. The minimum atomic E-state index is -0.302. The largest absolute Gasteiger partial charge is 0.496 e. The van der Waals surface area contributed by atoms with E-state index < -0.39 is 0 Å². The Morgan fingerprint density at radius 3 is 2.71 bits per heavy atom. The van der Waals surface area contributed by atoms with Gasteiger partial charge < -0.3 is 15.4 Å². The predicted octanol–water partition coefficient (Wildman–Crippen LogP) is 3.35. The second-order valence-corrected chi connectivity index (χ2v) is 9.41. The predicted molar refractivity (Wildman–Crippen MR) is 129 cm³/mol. The maximum Gasteiger partial charge on any atom is 0.259 e. The number of anilines is 1. The van der Waals surface area contributed by atoms with Gasteiger partial charge in [0.1, 0.15) is 11.4 Å². The number of carbonyl (C=O) groups is 2. The SMILES string of the molecule is COc1cc2nn([C@H]3CC[C@@H](NC(=O)C4CC4)CC3)cc2cc1C(=O)Nc1cnn2cccnc12. The number of methoxy groups -OCH3 is 1. The van der Waals surface area contributed by atoms with E-state index in [2.05, 4.69) is 20.7 Å². The summed E-state index contributed by atoms with van der Waals surface area (Å²) in [5.74, 6) is 0.617. The topological polar surface area (TPSA) is 115 Å². The molecule has 0 saturated heterocycles. The summed E-state index contributed by atoms with van der Waals surface area (Å²) in [5, 5.41) is 16.0. The van der Waals surface area contributed by atoms with E-state index in [0.29, 0.717) is 22.6 Å². The fourth-order valence-corrected chi connectivity index (χ4v) is 4.86. The van der Waals surface area contributed by atoms with Gasteiger partial charge >= 0.3 is 0 Å². The first-order valence-corrected chi connectivity index (χ1v) is 12.1. The Balaban J connectivity index is 1.19. The molecule has 0 aliphatic heterocycles. The third-order valence-corrected chi connectivity index (χ3v) is 6.98. The van der Waals surface area contributed by atoms with E-state index in [-0.39, 0.29) is 29.8 Å². The number of rotatable bonds is 6. The molecule has 2 aliphatic rings. The number of benzene rings is 1. The van der Waals surface area contributed by atoms with E-state index in [0.717, 1.165) is 49.4 Å². The van der Waals surface area contributed by atoms with Crippen LogP contribution in [0.25, 0.3) is 16.6 Å². The first-order chi connectivity index (χ1) is 17.1. The van der Waals surface area contributed by atoms with E-state index in [4.69, 9.17) is 9.84 Å². The smallest absolute Gasteiger partial charge is 0.259 e. The normalized spacial score (nSPS) is 20.1. The molecule has 0 atom stereocenters. The van der Waals surface area contributed by atoms with Crippen LogP contribution in [-0.4, -0.2) is 49.3 Å². The van der Waals surface area contributed by atoms with Crippen LogP contribution < -0.4 is 15.4 Å². The van der Waals surface area contributed by atoms with E-state index in [9.17, 15) is 9.59 Å². The van der Waals surface area contributed by atoms with Gasteiger partial charge in [-0.3, -0.25) is 14.3 Å². The van der Waals surface area contributed by atoms with Crippen LogP contribution >= 0.6 is 0 Å². The zero-order valence-electron chi connectivity index (χ0n) is 19.5. The molecule has 2 amide bonds. The molecule has 2 saturated carbocycles. The lowest BCUT2D eigenvalue weighted by molar-refractivity contribution is -0.123. The van der Waals surface area contributed by atoms with Gasteiger partial charge in [0.25, 0.3) is 5.91 Å². The zero-order valence-corrected chi connectivity index (χ0v) is 19.5. The molecule has 6 rings (SSSR count). The van der Waals surface area contributed by atoms with Crippen LogP contribution in [0.1, 0.15) is 54.9 Å². The van der Waals surface area contributed by atoms with Gasteiger partial charge in [0.2, 0.25) is 5.91 Å². The number of carbonyl (C=O) groups excluding carboxylic acids is 2. The lowest BCUT2D eigenvalue weighted by atomic mass is 9.91. The summed E-state index contributed by atoms with van der Waals surface area (Å²) >= 11 is 0. The van der Waals surface area contributed by atoms with Gasteiger partial charge in [0.05, 0.1) is 30.4 Å². The average molecular weight is 474 g/mol. The van der Waals surface area contributed by atoms with Crippen molar-refractivity contribution in [3.05, 3.63) is 48.5 Å². The van der Waals surface area contributed by atoms with Crippen LogP contribution in [-0.2, 0) is 4.79 Å². The molecule has 0 unspecified atom stereocenters. The van der Waals surface area contributed by atoms with E-state index in [1.807, 2.05) is 16.9 Å². The van der Waals surface area contributed by atoms with E-state index >= 15 is 0 Å². The Bertz CT molecular complexity index is 1410. The lowest BCUT2D eigenvalue weighted by Gasteiger charge is -2.29. The van der Waals surface area contributed by atoms with Crippen molar-refractivity contribution in [3.63, 3.8) is 0 Å². The van der Waals surface area contributed by atoms with Crippen molar-refractivity contribution < 1.29 is 14.3 Å². The molecule has 10 nitrogen and oxygen atoms in total. The number of amides is 2. The van der Waals surface area contributed by atoms with Crippen molar-refractivity contribution in [2.24, 2.45) is 5.92 Å². The molecular weight excluding hydrogens is 446 g/mol. The van der Waals surface area contributed by atoms with Crippen molar-refractivity contribution >= 4 is 34.1 Å². The van der Waals surface area contributed by atoms with Crippen LogP contribution in [0, 0.1) is 5.92 Å². The quantitative estimate of drug-likeness (QED) is 0.444. The van der Waals surface area contributed by atoms with Gasteiger partial charge in [0.15, 0.2) is 5.65 Å². The highest BCUT2D eigenvalue weighted by Crippen LogP contribution is 2.33. The second-order valence-electron chi connectivity index (χ2n) is 9.41. The molecule has 2 N–H and O–H groups in total. The number of hydrogen-bond acceptors (Lipinski definition) is 6. The minimum Gasteiger partial charge on any atom is -0.496 e. The number of fused-ring (bicyclic) bond motifs is 2. The number of nitrogens with one attached hydrogen (secondary N) is 2. The zero-order chi connectivity index (χ0) is 23.9. The third-order valence-electron chi connectivity index (χ3n) is 6.98. The molecule has 2 aliphatic carbocycles. The highest BCUT2D eigenvalue weighted by Gasteiger charge is 2.32. The Morgan fingerprint density at radius 1 is 1.11 bits per heavy atom. The number of nitrogens with zero attached hydrogens (tertiary/aromatic N) is 5. The van der Waals surface area contributed by atoms with Crippen LogP contribution in [0.2, 0.25) is 0 Å². The monoisotopic (exact) mass is 473 g/mol. The first kappa shape index (κ1) is 21.6. The van der Waals surface area contributed by atoms with Gasteiger partial charge in [-0.15, -0.1) is 0 Å². The number of hydrogen-bond donors (Lipinski definition) is 2. The van der Waals surface area contributed by atoms with Crippen molar-refractivity contribution in [1.29, 1.82) is 0 Å². The van der Waals surface area contributed by atoms with Crippen molar-refractivity contribution in [1.82, 2.24) is 29.7 Å². The highest BCUT2D eigenvalue weighted by molar-refractivity contribution is 6.09. The summed E-state index contributed by atoms with van der Waals surface area (Å²) in [6.07, 6.45) is 12.9. The molecule has 1 aromatic carbocycles. The molecule has 3 aromatic heterocycles. The molecule has 4 aromatic rings. The van der Waals surface area contributed by atoms with E-state index in [1.54, 1.807) is 42.3 Å². The molecule has 0 radical (unpaired) electrons. The van der Waals surface area contributed by atoms with Crippen LogP contribution in [0.3, 0.4) is 0 Å². The first-order valence-electron chi connectivity index (χ1n) is 12.1. The fraction of sp³-hybridized carbons (Fsp3) is 0.400. The maximum atomic E-state index is 13.1. The van der Waals surface area contributed by atoms with E-state index in [1.165, 1.54) is 0 Å². The number of ether oxygens (including phenoxy) is 1. The molecule has 10 heteroatoms. The molecule has 3 heterocycles. The fourth-order valence-electron chi connectivity index (χ4n) is 4.86. The molecule has 180 valence electrons. The van der Waals surface area contributed by atoms with Crippen molar-refractivity contribution in [2.75, 3.05) is 12.4 Å². The minimum absolute atomic E-state index is 0.219. The average Bonchev–Trinajstić information content (AvgIpc) is 3.54. The van der Waals surface area contributed by atoms with Crippen LogP contribution in [0.4, 0.5) is 5.69 Å². The van der Waals surface area contributed by atoms with Gasteiger partial charge in [0, 0.05) is 42.0 Å². The van der Waals surface area contributed by atoms with Crippen molar-refractivity contribution in [3.8, 4) is 5.75 Å². The van der Waals surface area contributed by atoms with Gasteiger partial charge in [-0.1, -0.05) is 0 Å². The van der Waals surface area contributed by atoms with Crippen molar-refractivity contribution in [2.45, 2.75) is 50.6 Å². The number of aromatic nitrogens is 5. The highest BCUT2D eigenvalue weighted by atomic mass is 16.5. The Kier molecular flexibility index (Phi) is 5.35. The van der Waals surface area contributed by atoms with Crippen LogP contribution in [0.15, 0.2) is 43.0 Å². The van der Waals surface area contributed by atoms with Gasteiger partial charge in [-0.25, -0.2) is 9.50 Å². The third kappa shape index (κ3) is 4.20. The molecule has 2 fully saturated rings. The lowest BCUT2D eigenvalue weighted by Crippen LogP contribution is -2.38. The Morgan fingerprint density at radius 2 is 1.94 bits per heavy atom. The van der Waals surface area contributed by atoms with Crippen LogP contribution in [0.5, 0.6) is 5.75 Å². The Hall–Kier alpha value is -3.95. The second kappa shape index (κ2) is 8.68. The summed E-state index contributed by atoms with van der Waals surface area (Å²) in [6, 6.07) is 5.92. The summed E-state index contributed by atoms with van der Waals surface area (Å²) < 4.78 is 9.13.